The molecule has 43 heavy (non-hydrogen) atoms. The summed E-state index contributed by atoms with van der Waals surface area (Å²) in [6, 6.07) is 7.30. The number of ether oxygens (including phenoxy) is 3. The van der Waals surface area contributed by atoms with Crippen LogP contribution in [0.25, 0.3) is 10.9 Å². The molecule has 0 radical (unpaired) electrons. The Labute approximate surface area is 256 Å². The number of benzene rings is 1. The fraction of sp³-hybridized carbons (Fsp3) is 0.594. The minimum Gasteiger partial charge on any atom is -0.476 e. The first-order valence-electron chi connectivity index (χ1n) is 14.8. The van der Waals surface area contributed by atoms with Crippen molar-refractivity contribution in [2.45, 2.75) is 104 Å². The Balaban J connectivity index is 1.51. The molecule has 2 atom stereocenters. The molecule has 9 nitrogen and oxygen atoms in total. The molecule has 0 N–H and O–H groups in total. The smallest absolute Gasteiger partial charge is 0.419 e. The highest BCUT2D eigenvalue weighted by Crippen LogP contribution is 2.45. The van der Waals surface area contributed by atoms with E-state index in [1.54, 1.807) is 29.5 Å². The van der Waals surface area contributed by atoms with Crippen molar-refractivity contribution < 1.29 is 28.2 Å². The van der Waals surface area contributed by atoms with Crippen molar-refractivity contribution in [2.24, 2.45) is 0 Å². The van der Waals surface area contributed by atoms with Crippen molar-refractivity contribution >= 4 is 34.4 Å². The molecule has 1 saturated heterocycles. The first-order valence-corrected chi connectivity index (χ1v) is 15.6. The molecular formula is C32H43FN4O5S. The number of likely N-dealkylation sites (tertiary alicyclic amines) is 1. The summed E-state index contributed by atoms with van der Waals surface area (Å²) in [6.07, 6.45) is 1.30. The van der Waals surface area contributed by atoms with Gasteiger partial charge in [-0.15, -0.1) is 0 Å². The standard InChI is InChI=1S/C32H43FN4O5S/c1-19-14-22-21-12-10-11-13-23(21)37(29(39)42-31(5,6)7)25(22)26(36(19)18-32(8,9)33)27-34-15-24(43-27)40-20-16-35(17-20)28(38)41-30(2,3)4/h10-13,15,19-20,26H,14,16-18H2,1-9H3/t19-,26+/m1/s1. The van der Waals surface area contributed by atoms with Crippen molar-refractivity contribution in [3.05, 3.63) is 46.7 Å². The number of alkyl halides is 1. The molecule has 0 aliphatic carbocycles. The quantitative estimate of drug-likeness (QED) is 0.307. The average Bonchev–Trinajstić information content (AvgIpc) is 3.41. The van der Waals surface area contributed by atoms with Crippen LogP contribution in [-0.4, -0.2) is 80.2 Å². The Hall–Kier alpha value is -3.18. The van der Waals surface area contributed by atoms with Gasteiger partial charge >= 0.3 is 12.2 Å². The molecule has 11 heteroatoms. The summed E-state index contributed by atoms with van der Waals surface area (Å²) in [5, 5.41) is 2.27. The second kappa shape index (κ2) is 11.1. The molecule has 1 amide bonds. The number of aromatic nitrogens is 2. The van der Waals surface area contributed by atoms with Gasteiger partial charge in [0.05, 0.1) is 30.5 Å². The van der Waals surface area contributed by atoms with Gasteiger partial charge in [0.1, 0.15) is 34.0 Å². The first kappa shape index (κ1) is 31.3. The van der Waals surface area contributed by atoms with Crippen LogP contribution in [0.5, 0.6) is 5.06 Å². The number of hydrogen-bond donors (Lipinski definition) is 0. The predicted octanol–water partition coefficient (Wildman–Crippen LogP) is 6.96. The van der Waals surface area contributed by atoms with E-state index >= 15 is 4.39 Å². The number of hydrogen-bond acceptors (Lipinski definition) is 8. The summed E-state index contributed by atoms with van der Waals surface area (Å²) in [4.78, 5) is 34.6. The van der Waals surface area contributed by atoms with Crippen molar-refractivity contribution in [3.8, 4) is 5.06 Å². The summed E-state index contributed by atoms with van der Waals surface area (Å²) in [7, 11) is 0. The lowest BCUT2D eigenvalue weighted by Crippen LogP contribution is -2.57. The van der Waals surface area contributed by atoms with E-state index in [-0.39, 0.29) is 24.8 Å². The van der Waals surface area contributed by atoms with Gasteiger partial charge < -0.3 is 19.1 Å². The van der Waals surface area contributed by atoms with Gasteiger partial charge in [0.15, 0.2) is 5.06 Å². The minimum absolute atomic E-state index is 0.0206. The summed E-state index contributed by atoms with van der Waals surface area (Å²) in [5.41, 5.74) is -0.209. The highest BCUT2D eigenvalue weighted by Gasteiger charge is 2.43. The highest BCUT2D eigenvalue weighted by molar-refractivity contribution is 7.13. The molecule has 3 aromatic rings. The normalized spacial score (nSPS) is 20.1. The van der Waals surface area contributed by atoms with Gasteiger partial charge in [-0.05, 0) is 80.4 Å². The number of fused-ring (bicyclic) bond motifs is 3. The van der Waals surface area contributed by atoms with Crippen LogP contribution in [0.15, 0.2) is 30.5 Å². The summed E-state index contributed by atoms with van der Waals surface area (Å²) in [5.74, 6) is 0. The SMILES string of the molecule is C[C@@H]1Cc2c(n(C(=O)OC(C)(C)C)c3ccccc23)[C@@H](c2ncc(OC3CN(C(=O)OC(C)(C)C)C3)s2)N1CC(C)(C)F. The number of rotatable bonds is 5. The van der Waals surface area contributed by atoms with Gasteiger partial charge in [0.25, 0.3) is 0 Å². The van der Waals surface area contributed by atoms with Crippen LogP contribution in [0.1, 0.15) is 84.6 Å². The summed E-state index contributed by atoms with van der Waals surface area (Å²) >= 11 is 1.38. The lowest BCUT2D eigenvalue weighted by Gasteiger charge is -2.42. The highest BCUT2D eigenvalue weighted by atomic mass is 32.1. The second-order valence-corrected chi connectivity index (χ2v) is 15.2. The molecule has 0 unspecified atom stereocenters. The predicted molar refractivity (Wildman–Crippen MR) is 165 cm³/mol. The molecule has 0 saturated carbocycles. The molecule has 2 aliphatic rings. The van der Waals surface area contributed by atoms with Crippen LogP contribution in [0.2, 0.25) is 0 Å². The molecule has 2 aromatic heterocycles. The molecule has 2 aliphatic heterocycles. The van der Waals surface area contributed by atoms with Crippen LogP contribution < -0.4 is 4.74 Å². The monoisotopic (exact) mass is 614 g/mol. The maximum Gasteiger partial charge on any atom is 0.419 e. The molecule has 1 fully saturated rings. The molecular weight excluding hydrogens is 571 g/mol. The van der Waals surface area contributed by atoms with E-state index in [0.717, 1.165) is 22.2 Å². The minimum atomic E-state index is -1.49. The maximum absolute atomic E-state index is 15.3. The van der Waals surface area contributed by atoms with E-state index < -0.39 is 29.0 Å². The lowest BCUT2D eigenvalue weighted by molar-refractivity contribution is -0.0212. The van der Waals surface area contributed by atoms with Crippen molar-refractivity contribution in [3.63, 3.8) is 0 Å². The third-order valence-corrected chi connectivity index (χ3v) is 8.27. The zero-order valence-corrected chi connectivity index (χ0v) is 27.4. The molecule has 234 valence electrons. The van der Waals surface area contributed by atoms with Gasteiger partial charge in [-0.2, -0.15) is 0 Å². The summed E-state index contributed by atoms with van der Waals surface area (Å²) < 4.78 is 34.5. The average molecular weight is 615 g/mol. The van der Waals surface area contributed by atoms with Crippen molar-refractivity contribution in [1.82, 2.24) is 19.4 Å². The van der Waals surface area contributed by atoms with Crippen LogP contribution in [0.4, 0.5) is 14.0 Å². The van der Waals surface area contributed by atoms with Crippen LogP contribution >= 0.6 is 11.3 Å². The van der Waals surface area contributed by atoms with E-state index in [4.69, 9.17) is 19.2 Å². The third-order valence-electron chi connectivity index (χ3n) is 7.33. The zero-order chi connectivity index (χ0) is 31.5. The molecule has 0 bridgehead atoms. The van der Waals surface area contributed by atoms with E-state index in [2.05, 4.69) is 11.8 Å². The molecule has 0 spiro atoms. The number of nitrogens with zero attached hydrogens (tertiary/aromatic N) is 4. The largest absolute Gasteiger partial charge is 0.476 e. The van der Waals surface area contributed by atoms with Crippen molar-refractivity contribution in [1.29, 1.82) is 0 Å². The van der Waals surface area contributed by atoms with E-state index in [0.29, 0.717) is 29.6 Å². The van der Waals surface area contributed by atoms with E-state index in [1.807, 2.05) is 65.8 Å². The van der Waals surface area contributed by atoms with Crippen LogP contribution in [0, 0.1) is 0 Å². The fourth-order valence-corrected chi connectivity index (χ4v) is 6.66. The molecule has 1 aromatic carbocycles. The number of thiazole rings is 1. The Kier molecular flexibility index (Phi) is 8.05. The summed E-state index contributed by atoms with van der Waals surface area (Å²) in [6.45, 7) is 17.3. The van der Waals surface area contributed by atoms with Gasteiger partial charge in [0, 0.05) is 18.0 Å². The van der Waals surface area contributed by atoms with E-state index in [1.165, 1.54) is 11.3 Å². The number of carbonyl (C=O) groups excluding carboxylic acids is 2. The first-order chi connectivity index (χ1) is 19.9. The van der Waals surface area contributed by atoms with Gasteiger partial charge in [-0.25, -0.2) is 23.5 Å². The topological polar surface area (TPSA) is 86.1 Å². The molecule has 4 heterocycles. The molecule has 5 rings (SSSR count). The number of carbonyl (C=O) groups is 2. The van der Waals surface area contributed by atoms with E-state index in [9.17, 15) is 9.59 Å². The van der Waals surface area contributed by atoms with Gasteiger partial charge in [0.2, 0.25) is 0 Å². The van der Waals surface area contributed by atoms with Gasteiger partial charge in [-0.1, -0.05) is 29.5 Å². The third kappa shape index (κ3) is 6.82. The lowest BCUT2D eigenvalue weighted by atomic mass is 9.91. The second-order valence-electron chi connectivity index (χ2n) is 14.2. The Morgan fingerprint density at radius 3 is 2.26 bits per heavy atom. The Bertz CT molecular complexity index is 1510. The van der Waals surface area contributed by atoms with Crippen LogP contribution in [-0.2, 0) is 15.9 Å². The van der Waals surface area contributed by atoms with Crippen molar-refractivity contribution in [2.75, 3.05) is 19.6 Å². The maximum atomic E-state index is 15.3. The van der Waals surface area contributed by atoms with Crippen LogP contribution in [0.3, 0.4) is 0 Å². The number of amides is 1. The zero-order valence-electron chi connectivity index (χ0n) is 26.6. The Morgan fingerprint density at radius 1 is 1.00 bits per heavy atom. The Morgan fingerprint density at radius 2 is 1.63 bits per heavy atom. The number of para-hydroxylation sites is 1. The van der Waals surface area contributed by atoms with Gasteiger partial charge in [-0.3, -0.25) is 4.90 Å². The number of halogens is 1. The fourth-order valence-electron chi connectivity index (χ4n) is 5.70.